The van der Waals surface area contributed by atoms with Gasteiger partial charge in [0.1, 0.15) is 0 Å². The second kappa shape index (κ2) is 5.59. The summed E-state index contributed by atoms with van der Waals surface area (Å²) in [6.07, 6.45) is 3.35. The molecule has 1 aromatic carbocycles. The fourth-order valence-corrected chi connectivity index (χ4v) is 4.24. The minimum atomic E-state index is -1.11. The van der Waals surface area contributed by atoms with Crippen molar-refractivity contribution >= 4 is 23.0 Å². The smallest absolute Gasteiger partial charge is 0.371 e. The summed E-state index contributed by atoms with van der Waals surface area (Å²) in [5.74, 6) is -0.798. The Kier molecular flexibility index (Phi) is 3.53. The molecule has 7 heteroatoms. The predicted molar refractivity (Wildman–Crippen MR) is 87.6 cm³/mol. The van der Waals surface area contributed by atoms with Crippen molar-refractivity contribution in [1.29, 1.82) is 0 Å². The van der Waals surface area contributed by atoms with E-state index in [2.05, 4.69) is 21.8 Å². The molecule has 0 spiro atoms. The zero-order valence-electron chi connectivity index (χ0n) is 13.5. The lowest BCUT2D eigenvalue weighted by molar-refractivity contribution is 0.0631. The first-order valence-corrected chi connectivity index (χ1v) is 8.25. The molecule has 4 rings (SSSR count). The van der Waals surface area contributed by atoms with Crippen molar-refractivity contribution in [3.63, 3.8) is 0 Å². The fourth-order valence-electron chi connectivity index (χ4n) is 4.24. The number of hydrogen-bond donors (Lipinski definition) is 1. The molecule has 7 nitrogen and oxygen atoms in total. The fraction of sp³-hybridized carbons (Fsp3) is 0.471. The Bertz CT molecular complexity index is 801. The Hall–Kier alpha value is -2.41. The van der Waals surface area contributed by atoms with Crippen molar-refractivity contribution in [3.8, 4) is 0 Å². The molecule has 2 aliphatic heterocycles. The highest BCUT2D eigenvalue weighted by atomic mass is 16.6. The number of hydrogen-bond acceptors (Lipinski definition) is 5. The molecule has 2 fully saturated rings. The van der Waals surface area contributed by atoms with Gasteiger partial charge in [0.2, 0.25) is 0 Å². The number of nitrogens with two attached hydrogens (primary N) is 1. The molecule has 2 N–H and O–H groups in total. The zero-order valence-corrected chi connectivity index (χ0v) is 13.5. The van der Waals surface area contributed by atoms with Gasteiger partial charge in [-0.05, 0) is 38.8 Å². The number of piperidine rings is 1. The van der Waals surface area contributed by atoms with Crippen molar-refractivity contribution in [2.24, 2.45) is 5.73 Å². The number of para-hydroxylation sites is 1. The second-order valence-corrected chi connectivity index (χ2v) is 6.69. The maximum Gasteiger partial charge on any atom is 0.412 e. The van der Waals surface area contributed by atoms with Crippen molar-refractivity contribution in [1.82, 2.24) is 14.7 Å². The number of aromatic nitrogens is 2. The first kappa shape index (κ1) is 15.1. The Labute approximate surface area is 139 Å². The average molecular weight is 328 g/mol. The number of esters is 1. The monoisotopic (exact) mass is 328 g/mol. The van der Waals surface area contributed by atoms with Crippen LogP contribution in [0.25, 0.3) is 10.9 Å². The number of carbonyl (C=O) groups excluding carboxylic acids is 2. The second-order valence-electron chi connectivity index (χ2n) is 6.69. The molecular formula is C17H20N4O3. The highest BCUT2D eigenvalue weighted by molar-refractivity contribution is 6.05. The Morgan fingerprint density at radius 1 is 1.17 bits per heavy atom. The predicted octanol–water partition coefficient (Wildman–Crippen LogP) is 2.07. The number of carbonyl (C=O) groups is 2. The van der Waals surface area contributed by atoms with E-state index in [1.165, 1.54) is 12.8 Å². The van der Waals surface area contributed by atoms with Crippen molar-refractivity contribution in [2.75, 3.05) is 7.05 Å². The van der Waals surface area contributed by atoms with Gasteiger partial charge in [-0.15, -0.1) is 0 Å². The molecule has 1 aromatic heterocycles. The summed E-state index contributed by atoms with van der Waals surface area (Å²) in [6.45, 7) is 0. The summed E-state index contributed by atoms with van der Waals surface area (Å²) in [5.41, 5.74) is 6.00. The number of ether oxygens (including phenoxy) is 1. The third kappa shape index (κ3) is 2.36. The maximum absolute atomic E-state index is 12.2. The van der Waals surface area contributed by atoms with Crippen molar-refractivity contribution in [3.05, 3.63) is 30.0 Å². The van der Waals surface area contributed by atoms with E-state index in [1.807, 2.05) is 28.9 Å². The van der Waals surface area contributed by atoms with Gasteiger partial charge in [0.15, 0.2) is 5.69 Å². The molecule has 2 bridgehead atoms. The molecule has 126 valence electrons. The van der Waals surface area contributed by atoms with Crippen LogP contribution in [0.2, 0.25) is 0 Å². The largest absolute Gasteiger partial charge is 0.412 e. The van der Waals surface area contributed by atoms with E-state index < -0.39 is 12.1 Å². The summed E-state index contributed by atoms with van der Waals surface area (Å²) in [5, 5.41) is 5.19. The number of rotatable bonds is 2. The van der Waals surface area contributed by atoms with Gasteiger partial charge >= 0.3 is 12.1 Å². The molecule has 1 amide bonds. The van der Waals surface area contributed by atoms with E-state index in [9.17, 15) is 9.59 Å². The summed E-state index contributed by atoms with van der Waals surface area (Å²) in [6, 6.07) is 8.92. The molecule has 2 unspecified atom stereocenters. The normalized spacial score (nSPS) is 26.6. The quantitative estimate of drug-likeness (QED) is 0.673. The van der Waals surface area contributed by atoms with Gasteiger partial charge in [0.25, 0.3) is 0 Å². The summed E-state index contributed by atoms with van der Waals surface area (Å²) >= 11 is 0. The van der Waals surface area contributed by atoms with Crippen LogP contribution < -0.4 is 5.73 Å². The number of amides is 1. The average Bonchev–Trinajstić information content (AvgIpc) is 3.00. The molecular weight excluding hydrogens is 308 g/mol. The number of benzene rings is 1. The van der Waals surface area contributed by atoms with E-state index in [4.69, 9.17) is 5.73 Å². The van der Waals surface area contributed by atoms with E-state index in [1.54, 1.807) is 0 Å². The van der Waals surface area contributed by atoms with Crippen LogP contribution in [0.3, 0.4) is 0 Å². The third-order valence-corrected chi connectivity index (χ3v) is 5.42. The molecule has 2 aliphatic rings. The number of primary amides is 1. The van der Waals surface area contributed by atoms with E-state index in [0.717, 1.165) is 18.4 Å². The zero-order chi connectivity index (χ0) is 16.8. The molecule has 0 radical (unpaired) electrons. The SMILES string of the molecule is CN1C2CCC1CC(n1nc(C(=O)OC(N)=O)c3ccccc31)C2. The van der Waals surface area contributed by atoms with Crippen molar-refractivity contribution in [2.45, 2.75) is 43.8 Å². The van der Waals surface area contributed by atoms with Gasteiger partial charge in [-0.1, -0.05) is 18.2 Å². The summed E-state index contributed by atoms with van der Waals surface area (Å²) < 4.78 is 6.47. The van der Waals surface area contributed by atoms with Gasteiger partial charge < -0.3 is 15.4 Å². The van der Waals surface area contributed by atoms with Gasteiger partial charge in [0.05, 0.1) is 11.6 Å². The third-order valence-electron chi connectivity index (χ3n) is 5.42. The minimum Gasteiger partial charge on any atom is -0.371 e. The molecule has 2 atom stereocenters. The van der Waals surface area contributed by atoms with Crippen LogP contribution in [0.5, 0.6) is 0 Å². The molecule has 3 heterocycles. The molecule has 2 aromatic rings. The number of nitrogens with zero attached hydrogens (tertiary/aromatic N) is 3. The molecule has 0 aliphatic carbocycles. The maximum atomic E-state index is 12.2. The topological polar surface area (TPSA) is 90.4 Å². The lowest BCUT2D eigenvalue weighted by Gasteiger charge is -2.36. The minimum absolute atomic E-state index is 0.149. The van der Waals surface area contributed by atoms with E-state index in [0.29, 0.717) is 17.5 Å². The first-order chi connectivity index (χ1) is 11.5. The van der Waals surface area contributed by atoms with Crippen LogP contribution in [0.15, 0.2) is 24.3 Å². The van der Waals surface area contributed by atoms with E-state index >= 15 is 0 Å². The molecule has 0 saturated carbocycles. The van der Waals surface area contributed by atoms with Crippen LogP contribution in [0.1, 0.15) is 42.2 Å². The summed E-state index contributed by atoms with van der Waals surface area (Å²) in [4.78, 5) is 25.5. The van der Waals surface area contributed by atoms with Gasteiger partial charge in [-0.2, -0.15) is 5.10 Å². The summed E-state index contributed by atoms with van der Waals surface area (Å²) in [7, 11) is 2.19. The van der Waals surface area contributed by atoms with Crippen molar-refractivity contribution < 1.29 is 14.3 Å². The Balaban J connectivity index is 1.74. The van der Waals surface area contributed by atoms with Gasteiger partial charge in [-0.3, -0.25) is 4.68 Å². The lowest BCUT2D eigenvalue weighted by Crippen LogP contribution is -2.40. The standard InChI is InChI=1S/C17H20N4O3/c1-20-10-6-7-11(20)9-12(8-10)21-14-5-3-2-4-13(14)15(19-21)16(22)24-17(18)23/h2-5,10-12H,6-9H2,1H3,(H2,18,23). The highest BCUT2D eigenvalue weighted by Gasteiger charge is 2.40. The number of fused-ring (bicyclic) bond motifs is 3. The van der Waals surface area contributed by atoms with Gasteiger partial charge in [-0.25, -0.2) is 9.59 Å². The van der Waals surface area contributed by atoms with Crippen LogP contribution in [0, 0.1) is 0 Å². The lowest BCUT2D eigenvalue weighted by atomic mass is 9.98. The Morgan fingerprint density at radius 2 is 1.83 bits per heavy atom. The Morgan fingerprint density at radius 3 is 2.50 bits per heavy atom. The molecule has 2 saturated heterocycles. The van der Waals surface area contributed by atoms with Crippen LogP contribution in [-0.2, 0) is 4.74 Å². The van der Waals surface area contributed by atoms with Crippen LogP contribution >= 0.6 is 0 Å². The molecule has 24 heavy (non-hydrogen) atoms. The highest BCUT2D eigenvalue weighted by Crippen LogP contribution is 2.40. The van der Waals surface area contributed by atoms with Crippen LogP contribution in [-0.4, -0.2) is 45.9 Å². The van der Waals surface area contributed by atoms with E-state index in [-0.39, 0.29) is 11.7 Å². The van der Waals surface area contributed by atoms with Gasteiger partial charge in [0, 0.05) is 17.5 Å². The van der Waals surface area contributed by atoms with Crippen LogP contribution in [0.4, 0.5) is 4.79 Å². The first-order valence-electron chi connectivity index (χ1n) is 8.25.